The van der Waals surface area contributed by atoms with Crippen LogP contribution in [-0.4, -0.2) is 37.8 Å². The molecule has 0 aromatic heterocycles. The van der Waals surface area contributed by atoms with Crippen LogP contribution < -0.4 is 15.4 Å². The number of nitrogens with zero attached hydrogens (tertiary/aromatic N) is 1. The minimum Gasteiger partial charge on any atom is -0.497 e. The van der Waals surface area contributed by atoms with Crippen LogP contribution in [0.4, 0.5) is 0 Å². The van der Waals surface area contributed by atoms with Crippen molar-refractivity contribution in [1.29, 1.82) is 0 Å². The number of aliphatic imine (C=N–C) groups is 1. The lowest BCUT2D eigenvalue weighted by molar-refractivity contribution is 0.180. The maximum atomic E-state index is 10.3. The third-order valence-electron chi connectivity index (χ3n) is 3.97. The van der Waals surface area contributed by atoms with Crippen molar-refractivity contribution in [3.63, 3.8) is 0 Å². The molecule has 0 heterocycles. The summed E-state index contributed by atoms with van der Waals surface area (Å²) in [6.07, 6.45) is 1.68. The van der Waals surface area contributed by atoms with Gasteiger partial charge in [0.1, 0.15) is 5.75 Å². The van der Waals surface area contributed by atoms with Crippen molar-refractivity contribution < 1.29 is 9.84 Å². The van der Waals surface area contributed by atoms with Crippen molar-refractivity contribution in [1.82, 2.24) is 10.6 Å². The molecule has 0 bridgehead atoms. The quantitative estimate of drug-likeness (QED) is 0.308. The Balaban J connectivity index is 0.00000529. The van der Waals surface area contributed by atoms with Crippen LogP contribution in [0.5, 0.6) is 5.75 Å². The van der Waals surface area contributed by atoms with E-state index in [-0.39, 0.29) is 24.0 Å². The third kappa shape index (κ3) is 8.19. The minimum absolute atomic E-state index is 0. The van der Waals surface area contributed by atoms with E-state index in [0.29, 0.717) is 12.5 Å². The second-order valence-electron chi connectivity index (χ2n) is 5.57. The first-order chi connectivity index (χ1) is 11.1. The minimum atomic E-state index is -0.585. The number of guanidine groups is 1. The van der Waals surface area contributed by atoms with Crippen LogP contribution >= 0.6 is 24.0 Å². The Morgan fingerprint density at radius 3 is 2.25 bits per heavy atom. The Labute approximate surface area is 163 Å². The van der Waals surface area contributed by atoms with Gasteiger partial charge in [0, 0.05) is 19.6 Å². The number of benzene rings is 1. The van der Waals surface area contributed by atoms with Crippen LogP contribution in [0.25, 0.3) is 0 Å². The van der Waals surface area contributed by atoms with Gasteiger partial charge >= 0.3 is 0 Å². The van der Waals surface area contributed by atoms with Gasteiger partial charge in [-0.05, 0) is 30.5 Å². The van der Waals surface area contributed by atoms with Gasteiger partial charge < -0.3 is 20.5 Å². The fourth-order valence-corrected chi connectivity index (χ4v) is 2.25. The van der Waals surface area contributed by atoms with E-state index in [1.807, 2.05) is 31.2 Å². The molecule has 3 N–H and O–H groups in total. The largest absolute Gasteiger partial charge is 0.497 e. The fraction of sp³-hybridized carbons (Fsp3) is 0.611. The molecule has 1 rings (SSSR count). The van der Waals surface area contributed by atoms with E-state index in [1.165, 1.54) is 0 Å². The van der Waals surface area contributed by atoms with Gasteiger partial charge in [0.25, 0.3) is 0 Å². The van der Waals surface area contributed by atoms with Crippen molar-refractivity contribution in [3.8, 4) is 5.75 Å². The molecule has 5 nitrogen and oxygen atoms in total. The van der Waals surface area contributed by atoms with Gasteiger partial charge in [-0.1, -0.05) is 38.8 Å². The predicted octanol–water partition coefficient (Wildman–Crippen LogP) is 3.34. The Bertz CT molecular complexity index is 462. The second-order valence-corrected chi connectivity index (χ2v) is 5.57. The maximum absolute atomic E-state index is 10.3. The lowest BCUT2D eigenvalue weighted by Gasteiger charge is -2.17. The van der Waals surface area contributed by atoms with Crippen LogP contribution in [0, 0.1) is 5.92 Å². The summed E-state index contributed by atoms with van der Waals surface area (Å²) in [7, 11) is 1.63. The molecule has 0 aliphatic rings. The summed E-state index contributed by atoms with van der Waals surface area (Å²) < 4.78 is 5.13. The van der Waals surface area contributed by atoms with E-state index in [1.54, 1.807) is 7.11 Å². The summed E-state index contributed by atoms with van der Waals surface area (Å²) in [5.41, 5.74) is 0.856. The fourth-order valence-electron chi connectivity index (χ4n) is 2.25. The van der Waals surface area contributed by atoms with Gasteiger partial charge in [0.05, 0.1) is 13.2 Å². The molecule has 0 saturated heterocycles. The Morgan fingerprint density at radius 2 is 1.75 bits per heavy atom. The standard InChI is InChI=1S/C18H31N3O2.HI/c1-5-14(6-2)12-20-18(19-7-3)21-13-17(22)15-8-10-16(23-4)11-9-15;/h8-11,14,17,22H,5-7,12-13H2,1-4H3,(H2,19,20,21);1H. The van der Waals surface area contributed by atoms with Crippen molar-refractivity contribution in [2.45, 2.75) is 39.7 Å². The summed E-state index contributed by atoms with van der Waals surface area (Å²) in [4.78, 5) is 4.61. The molecule has 0 amide bonds. The van der Waals surface area contributed by atoms with Gasteiger partial charge in [-0.2, -0.15) is 0 Å². The Hall–Kier alpha value is -1.02. The molecule has 1 atom stereocenters. The van der Waals surface area contributed by atoms with Gasteiger partial charge in [-0.25, -0.2) is 0 Å². The monoisotopic (exact) mass is 449 g/mol. The highest BCUT2D eigenvalue weighted by molar-refractivity contribution is 14.0. The number of rotatable bonds is 9. The average molecular weight is 449 g/mol. The molecular formula is C18H32IN3O2. The van der Waals surface area contributed by atoms with Crippen LogP contribution in [0.1, 0.15) is 45.3 Å². The predicted molar refractivity (Wildman–Crippen MR) is 111 cm³/mol. The van der Waals surface area contributed by atoms with E-state index in [4.69, 9.17) is 4.74 Å². The zero-order valence-corrected chi connectivity index (χ0v) is 17.5. The van der Waals surface area contributed by atoms with Gasteiger partial charge in [0.15, 0.2) is 5.96 Å². The van der Waals surface area contributed by atoms with Gasteiger partial charge in [-0.3, -0.25) is 4.99 Å². The number of aliphatic hydroxyl groups is 1. The number of aliphatic hydroxyl groups excluding tert-OH is 1. The van der Waals surface area contributed by atoms with Crippen molar-refractivity contribution in [3.05, 3.63) is 29.8 Å². The van der Waals surface area contributed by atoms with Crippen molar-refractivity contribution in [2.75, 3.05) is 26.7 Å². The summed E-state index contributed by atoms with van der Waals surface area (Å²) in [5.74, 6) is 2.15. The number of ether oxygens (including phenoxy) is 1. The average Bonchev–Trinajstić information content (AvgIpc) is 2.60. The molecule has 6 heteroatoms. The van der Waals surface area contributed by atoms with Crippen molar-refractivity contribution in [2.24, 2.45) is 10.9 Å². The molecule has 24 heavy (non-hydrogen) atoms. The first-order valence-corrected chi connectivity index (χ1v) is 8.48. The number of methoxy groups -OCH3 is 1. The first-order valence-electron chi connectivity index (χ1n) is 8.48. The third-order valence-corrected chi connectivity index (χ3v) is 3.97. The topological polar surface area (TPSA) is 65.9 Å². The van der Waals surface area contributed by atoms with Crippen molar-refractivity contribution >= 4 is 29.9 Å². The van der Waals surface area contributed by atoms with E-state index in [0.717, 1.165) is 43.2 Å². The first kappa shape index (κ1) is 23.0. The smallest absolute Gasteiger partial charge is 0.191 e. The summed E-state index contributed by atoms with van der Waals surface area (Å²) >= 11 is 0. The number of hydrogen-bond acceptors (Lipinski definition) is 3. The summed E-state index contributed by atoms with van der Waals surface area (Å²) in [6, 6.07) is 7.45. The molecule has 0 fully saturated rings. The highest BCUT2D eigenvalue weighted by Crippen LogP contribution is 2.16. The van der Waals surface area contributed by atoms with Crippen LogP contribution in [0.15, 0.2) is 29.3 Å². The zero-order valence-electron chi connectivity index (χ0n) is 15.2. The van der Waals surface area contributed by atoms with Crippen LogP contribution in [-0.2, 0) is 0 Å². The summed E-state index contributed by atoms with van der Waals surface area (Å²) in [6.45, 7) is 8.44. The van der Waals surface area contributed by atoms with E-state index >= 15 is 0 Å². The Kier molecular flexibility index (Phi) is 12.7. The molecular weight excluding hydrogens is 417 g/mol. The number of nitrogens with one attached hydrogen (secondary N) is 2. The molecule has 1 aromatic rings. The van der Waals surface area contributed by atoms with E-state index < -0.39 is 6.10 Å². The molecule has 0 radical (unpaired) electrons. The van der Waals surface area contributed by atoms with E-state index in [2.05, 4.69) is 29.5 Å². The number of hydrogen-bond donors (Lipinski definition) is 3. The highest BCUT2D eigenvalue weighted by Gasteiger charge is 2.09. The molecule has 1 aromatic carbocycles. The second kappa shape index (κ2) is 13.3. The molecule has 1 unspecified atom stereocenters. The van der Waals surface area contributed by atoms with Gasteiger partial charge in [-0.15, -0.1) is 24.0 Å². The van der Waals surface area contributed by atoms with E-state index in [9.17, 15) is 5.11 Å². The molecule has 0 spiro atoms. The van der Waals surface area contributed by atoms with Gasteiger partial charge in [0.2, 0.25) is 0 Å². The van der Waals surface area contributed by atoms with Crippen LogP contribution in [0.3, 0.4) is 0 Å². The highest BCUT2D eigenvalue weighted by atomic mass is 127. The normalized spacial score (nSPS) is 12.5. The maximum Gasteiger partial charge on any atom is 0.191 e. The molecule has 0 saturated carbocycles. The molecule has 138 valence electrons. The lowest BCUT2D eigenvalue weighted by atomic mass is 10.0. The lowest BCUT2D eigenvalue weighted by Crippen LogP contribution is -2.39. The molecule has 0 aliphatic carbocycles. The molecule has 0 aliphatic heterocycles. The summed E-state index contributed by atoms with van der Waals surface area (Å²) in [5, 5.41) is 16.7. The Morgan fingerprint density at radius 1 is 1.12 bits per heavy atom. The SMILES string of the molecule is CCNC(=NCC(CC)CC)NCC(O)c1ccc(OC)cc1.I. The zero-order chi connectivity index (χ0) is 17.1. The van der Waals surface area contributed by atoms with Crippen LogP contribution in [0.2, 0.25) is 0 Å². The number of halogens is 1.